The van der Waals surface area contributed by atoms with Gasteiger partial charge in [0.1, 0.15) is 0 Å². The molecule has 8 rings (SSSR count). The molecule has 0 aliphatic carbocycles. The number of ether oxygens (including phenoxy) is 1. The number of piperidine rings is 1. The molecule has 0 bridgehead atoms. The largest absolute Gasteiger partial charge is 0.379 e. The third kappa shape index (κ3) is 72.5. The van der Waals surface area contributed by atoms with Gasteiger partial charge in [-0.1, -0.05) is 227 Å². The van der Waals surface area contributed by atoms with E-state index in [2.05, 4.69) is 233 Å². The van der Waals surface area contributed by atoms with Gasteiger partial charge in [0.2, 0.25) is 0 Å². The second-order valence-electron chi connectivity index (χ2n) is 31.3. The van der Waals surface area contributed by atoms with Crippen molar-refractivity contribution in [2.45, 2.75) is 400 Å². The molecule has 0 aromatic rings. The molecule has 8 fully saturated rings. The second-order valence-corrected chi connectivity index (χ2v) is 36.3. The Balaban J connectivity index is -0.000000118. The lowest BCUT2D eigenvalue weighted by Gasteiger charge is -2.38. The van der Waals surface area contributed by atoms with Crippen molar-refractivity contribution in [3.8, 4) is 0 Å². The van der Waals surface area contributed by atoms with Gasteiger partial charge in [-0.2, -0.15) is 47.0 Å². The van der Waals surface area contributed by atoms with Crippen LogP contribution in [0.25, 0.3) is 0 Å². The molecule has 0 amide bonds. The van der Waals surface area contributed by atoms with E-state index in [4.69, 9.17) is 4.74 Å². The van der Waals surface area contributed by atoms with Crippen molar-refractivity contribution in [3.05, 3.63) is 0 Å². The minimum atomic E-state index is 0.323. The summed E-state index contributed by atoms with van der Waals surface area (Å²) in [4.78, 5) is 7.58. The van der Waals surface area contributed by atoms with Crippen LogP contribution in [0.5, 0.6) is 0 Å². The Morgan fingerprint density at radius 3 is 0.793 bits per heavy atom. The molecule has 0 spiro atoms. The van der Waals surface area contributed by atoms with Gasteiger partial charge in [0.25, 0.3) is 0 Å². The minimum absolute atomic E-state index is 0.323. The van der Waals surface area contributed by atoms with E-state index in [0.717, 1.165) is 54.6 Å². The van der Waals surface area contributed by atoms with Crippen LogP contribution in [0.15, 0.2) is 0 Å². The van der Waals surface area contributed by atoms with Gasteiger partial charge in [-0.05, 0) is 259 Å². The molecule has 0 radical (unpaired) electrons. The van der Waals surface area contributed by atoms with Crippen molar-refractivity contribution in [3.63, 3.8) is 0 Å². The zero-order valence-electron chi connectivity index (χ0n) is 72.2. The molecule has 8 heterocycles. The molecular weight excluding hydrogens is 1200 g/mol. The van der Waals surface area contributed by atoms with E-state index in [1.54, 1.807) is 0 Å². The maximum atomic E-state index is 5.25. The first kappa shape index (κ1) is 112. The maximum absolute atomic E-state index is 5.25. The van der Waals surface area contributed by atoms with Crippen LogP contribution in [0, 0.1) is 39.4 Å². The minimum Gasteiger partial charge on any atom is -0.379 e. The Morgan fingerprint density at radius 2 is 0.609 bits per heavy atom. The average molecular weight is 1390 g/mol. The molecule has 570 valence electrons. The Bertz CT molecular complexity index is 1120. The summed E-state index contributed by atoms with van der Waals surface area (Å²) >= 11 is 8.56. The van der Waals surface area contributed by atoms with Gasteiger partial charge >= 0.3 is 0 Å². The van der Waals surface area contributed by atoms with E-state index in [-0.39, 0.29) is 0 Å². The molecule has 5 nitrogen and oxygen atoms in total. The van der Waals surface area contributed by atoms with Crippen LogP contribution in [0.3, 0.4) is 0 Å². The third-order valence-electron chi connectivity index (χ3n) is 15.9. The first-order valence-electron chi connectivity index (χ1n) is 39.9. The summed E-state index contributed by atoms with van der Waals surface area (Å²) in [6.07, 6.45) is 21.4. The molecule has 0 aromatic carbocycles. The zero-order chi connectivity index (χ0) is 74.3. The predicted octanol–water partition coefficient (Wildman–Crippen LogP) is 27.7. The highest BCUT2D eigenvalue weighted by Gasteiger charge is 2.30. The molecule has 0 saturated carbocycles. The van der Waals surface area contributed by atoms with Crippen LogP contribution in [0.2, 0.25) is 0 Å². The fraction of sp³-hybridized carbons (Fsp3) is 1.00. The monoisotopic (exact) mass is 1390 g/mol. The summed E-state index contributed by atoms with van der Waals surface area (Å²) in [7, 11) is 0. The molecule has 8 saturated heterocycles. The fourth-order valence-corrected chi connectivity index (χ4v) is 15.6. The van der Waals surface area contributed by atoms with Crippen molar-refractivity contribution >= 4 is 47.0 Å². The van der Waals surface area contributed by atoms with Crippen LogP contribution >= 0.6 is 47.0 Å². The molecule has 3 unspecified atom stereocenters. The number of nitrogens with zero attached hydrogens (tertiary/aromatic N) is 3. The van der Waals surface area contributed by atoms with Crippen molar-refractivity contribution < 1.29 is 4.74 Å². The van der Waals surface area contributed by atoms with Gasteiger partial charge in [-0.3, -0.25) is 14.7 Å². The third-order valence-corrected chi connectivity index (χ3v) is 21.9. The number of rotatable bonds is 0. The molecule has 3 atom stereocenters. The van der Waals surface area contributed by atoms with Gasteiger partial charge in [0.05, 0.1) is 13.2 Å². The topological polar surface area (TPSA) is 31.0 Å². The molecular formula is C83H188N4OS4. The summed E-state index contributed by atoms with van der Waals surface area (Å²) in [5.74, 6) is 11.1. The quantitative estimate of drug-likeness (QED) is 0.255. The SMILES string of the molecule is C1CNC1.CC.CC.CC.CC.CC.CC.CC.CC.CC(C)(C)C1CCCCS1.CC(C)(C)C1CCCS1.CC(C)(C)C1CCCSC1.CC(C)(C)C1CCSCC1.CC(C)(C)N1CCCC1.CC(C)(C)N1CCCCC1.CC(C)(C)N1CCOCC1.CC(C)C. The summed E-state index contributed by atoms with van der Waals surface area (Å²) in [5.41, 5.74) is 3.32. The van der Waals surface area contributed by atoms with E-state index >= 15 is 0 Å². The first-order chi connectivity index (χ1) is 43.0. The van der Waals surface area contributed by atoms with E-state index in [0.29, 0.717) is 38.3 Å². The molecule has 8 aliphatic rings. The first-order valence-corrected chi connectivity index (χ1v) is 44.3. The van der Waals surface area contributed by atoms with Gasteiger partial charge in [-0.25, -0.2) is 0 Å². The van der Waals surface area contributed by atoms with Crippen LogP contribution in [0.4, 0.5) is 0 Å². The van der Waals surface area contributed by atoms with Gasteiger partial charge < -0.3 is 10.1 Å². The predicted molar refractivity (Wildman–Crippen MR) is 450 cm³/mol. The maximum Gasteiger partial charge on any atom is 0.0594 e. The number of nitrogens with one attached hydrogen (secondary N) is 1. The Labute approximate surface area is 607 Å². The highest BCUT2D eigenvalue weighted by molar-refractivity contribution is 8.00. The van der Waals surface area contributed by atoms with E-state index in [9.17, 15) is 0 Å². The van der Waals surface area contributed by atoms with Crippen molar-refractivity contribution in [1.82, 2.24) is 20.0 Å². The second kappa shape index (κ2) is 70.6. The summed E-state index contributed by atoms with van der Waals surface area (Å²) < 4.78 is 5.25. The van der Waals surface area contributed by atoms with E-state index in [1.165, 1.54) is 170 Å². The van der Waals surface area contributed by atoms with E-state index in [1.807, 2.05) is 111 Å². The van der Waals surface area contributed by atoms with Crippen LogP contribution in [-0.2, 0) is 4.74 Å². The highest BCUT2D eigenvalue weighted by Crippen LogP contribution is 2.40. The van der Waals surface area contributed by atoms with Crippen molar-refractivity contribution in [1.29, 1.82) is 0 Å². The standard InChI is InChI=1S/C9H19N.3C9H18S.C8H17NO.C8H17N.C8H16S.C4H10.C3H7N.8C2H6/c1-9(2,3)10-7-5-4-6-8-10;1-9(2,3)8-4-6-10-7-5-8;1-9(2,3)8-5-4-6-10-7-8;1-9(2,3)8-6-4-5-7-10-8;1-8(2,3)9-4-6-10-7-5-9;1-8(2,3)9-6-4-5-7-9;1-8(2,3)7-5-4-6-9-7;1-4(2)3;1-2-4-3-1;8*1-2/h4-8H2,1-3H3;3*8H,4-7H2,1-3H3;4-7H2,1-3H3;4-7H2,1-3H3;7H,4-6H2,1-3H3;4H,1-3H3;4H,1-3H2;8*1-2H3. The number of thioether (sulfide) groups is 4. The van der Waals surface area contributed by atoms with Crippen LogP contribution in [-0.4, -0.2) is 142 Å². The number of morpholine rings is 1. The van der Waals surface area contributed by atoms with Crippen LogP contribution in [0.1, 0.15) is 373 Å². The fourth-order valence-electron chi connectivity index (χ4n) is 10.0. The molecule has 8 aliphatic heterocycles. The lowest BCUT2D eigenvalue weighted by atomic mass is 9.77. The Hall–Kier alpha value is 1.20. The number of likely N-dealkylation sites (tertiary alicyclic amines) is 2. The zero-order valence-corrected chi connectivity index (χ0v) is 75.5. The van der Waals surface area contributed by atoms with E-state index < -0.39 is 0 Å². The Kier molecular flexibility index (Phi) is 85.8. The molecule has 0 aromatic heterocycles. The summed E-state index contributed by atoms with van der Waals surface area (Å²) in [6, 6.07) is 0. The number of hydrogen-bond acceptors (Lipinski definition) is 9. The van der Waals surface area contributed by atoms with Crippen LogP contribution < -0.4 is 5.32 Å². The van der Waals surface area contributed by atoms with Crippen molar-refractivity contribution in [2.75, 3.05) is 100 Å². The van der Waals surface area contributed by atoms with Gasteiger partial charge in [-0.15, -0.1) is 0 Å². The molecule has 1 N–H and O–H groups in total. The Morgan fingerprint density at radius 1 is 0.315 bits per heavy atom. The lowest BCUT2D eigenvalue weighted by Crippen LogP contribution is -2.47. The summed E-state index contributed by atoms with van der Waals surface area (Å²) in [5, 5.41) is 4.96. The smallest absolute Gasteiger partial charge is 0.0594 e. The summed E-state index contributed by atoms with van der Waals surface area (Å²) in [6.45, 7) is 99.0. The van der Waals surface area contributed by atoms with Gasteiger partial charge in [0.15, 0.2) is 0 Å². The molecule has 9 heteroatoms. The average Bonchev–Trinajstić information content (AvgIpc) is 3.40. The normalized spacial score (nSPS) is 20.8. The highest BCUT2D eigenvalue weighted by atomic mass is 32.2. The lowest BCUT2D eigenvalue weighted by molar-refractivity contribution is -0.00389. The molecule has 92 heavy (non-hydrogen) atoms. The van der Waals surface area contributed by atoms with Gasteiger partial charge in [0, 0.05) is 40.2 Å². The number of hydrogen-bond donors (Lipinski definition) is 1. The van der Waals surface area contributed by atoms with Crippen molar-refractivity contribution in [2.24, 2.45) is 39.4 Å².